The SMILES string of the molecule is COc1ncccc1-c1c(C)c2cc(C(=O)NC3(c4nc5ccc(C=CC(=O)O)cc5n4C)CCC3)ccc2n1C1CCCCC1. The zero-order valence-electron chi connectivity index (χ0n) is 26.5. The van der Waals surface area contributed by atoms with E-state index >= 15 is 0 Å². The van der Waals surface area contributed by atoms with Gasteiger partial charge in [0.05, 0.1) is 34.9 Å². The van der Waals surface area contributed by atoms with E-state index in [0.29, 0.717) is 17.5 Å². The molecule has 2 fully saturated rings. The van der Waals surface area contributed by atoms with Gasteiger partial charge in [0.1, 0.15) is 5.82 Å². The minimum absolute atomic E-state index is 0.121. The number of fused-ring (bicyclic) bond motifs is 2. The molecule has 9 nitrogen and oxygen atoms in total. The van der Waals surface area contributed by atoms with Crippen LogP contribution in [0.5, 0.6) is 5.88 Å². The number of aliphatic carboxylic acids is 1. The largest absolute Gasteiger partial charge is 0.481 e. The summed E-state index contributed by atoms with van der Waals surface area (Å²) in [7, 11) is 3.62. The van der Waals surface area contributed by atoms with E-state index in [1.54, 1.807) is 19.4 Å². The maximum Gasteiger partial charge on any atom is 0.328 e. The van der Waals surface area contributed by atoms with Crippen molar-refractivity contribution >= 4 is 39.9 Å². The number of carbonyl (C=O) groups is 2. The average Bonchev–Trinajstić information content (AvgIpc) is 3.54. The molecule has 0 atom stereocenters. The molecule has 0 spiro atoms. The first-order valence-electron chi connectivity index (χ1n) is 16.1. The summed E-state index contributed by atoms with van der Waals surface area (Å²) in [5.74, 6) is 0.300. The predicted octanol–water partition coefficient (Wildman–Crippen LogP) is 7.32. The molecule has 3 aromatic heterocycles. The fourth-order valence-corrected chi connectivity index (χ4v) is 7.53. The van der Waals surface area contributed by atoms with Crippen LogP contribution in [0.3, 0.4) is 0 Å². The molecule has 5 aromatic rings. The van der Waals surface area contributed by atoms with Gasteiger partial charge in [-0.25, -0.2) is 14.8 Å². The first kappa shape index (κ1) is 29.8. The van der Waals surface area contributed by atoms with E-state index in [2.05, 4.69) is 33.9 Å². The summed E-state index contributed by atoms with van der Waals surface area (Å²) in [6.45, 7) is 2.14. The highest BCUT2D eigenvalue weighted by molar-refractivity contribution is 6.01. The van der Waals surface area contributed by atoms with Crippen molar-refractivity contribution < 1.29 is 19.4 Å². The summed E-state index contributed by atoms with van der Waals surface area (Å²) in [5.41, 5.74) is 6.84. The van der Waals surface area contributed by atoms with Gasteiger partial charge in [-0.15, -0.1) is 0 Å². The number of ether oxygens (including phenoxy) is 1. The minimum atomic E-state index is -0.992. The van der Waals surface area contributed by atoms with Crippen LogP contribution < -0.4 is 10.1 Å². The fourth-order valence-electron chi connectivity index (χ4n) is 7.53. The molecule has 0 unspecified atom stereocenters. The fraction of sp³-hybridized carbons (Fsp3) is 0.351. The number of imidazole rings is 1. The van der Waals surface area contributed by atoms with Crippen LogP contribution in [0, 0.1) is 6.92 Å². The predicted molar refractivity (Wildman–Crippen MR) is 179 cm³/mol. The Bertz CT molecular complexity index is 2010. The van der Waals surface area contributed by atoms with Gasteiger partial charge in [0.2, 0.25) is 5.88 Å². The van der Waals surface area contributed by atoms with Crippen LogP contribution >= 0.6 is 0 Å². The summed E-state index contributed by atoms with van der Waals surface area (Å²) in [5, 5.41) is 13.5. The molecule has 0 radical (unpaired) electrons. The molecular formula is C37H39N5O4. The number of amides is 1. The van der Waals surface area contributed by atoms with Gasteiger partial charge in [0.15, 0.2) is 0 Å². The van der Waals surface area contributed by atoms with Crippen LogP contribution in [0.1, 0.15) is 84.7 Å². The number of hydrogen-bond donors (Lipinski definition) is 2. The Kier molecular flexibility index (Phi) is 7.63. The van der Waals surface area contributed by atoms with Gasteiger partial charge in [0.25, 0.3) is 5.91 Å². The van der Waals surface area contributed by atoms with Crippen LogP contribution in [0.15, 0.2) is 60.8 Å². The van der Waals surface area contributed by atoms with E-state index in [0.717, 1.165) is 88.3 Å². The van der Waals surface area contributed by atoms with Crippen LogP contribution in [-0.2, 0) is 17.4 Å². The maximum absolute atomic E-state index is 14.0. The number of rotatable bonds is 8. The Morgan fingerprint density at radius 1 is 1.04 bits per heavy atom. The summed E-state index contributed by atoms with van der Waals surface area (Å²) in [4.78, 5) is 34.5. The van der Waals surface area contributed by atoms with E-state index in [-0.39, 0.29) is 5.91 Å². The molecule has 2 aromatic carbocycles. The van der Waals surface area contributed by atoms with Crippen molar-refractivity contribution in [2.45, 2.75) is 69.9 Å². The number of methoxy groups -OCH3 is 1. The van der Waals surface area contributed by atoms with Gasteiger partial charge in [-0.3, -0.25) is 4.79 Å². The standard InChI is InChI=1S/C37H39N5O4/c1-23-28-22-25(14-16-30(28)42(26-9-5-4-6-10-26)33(23)27-11-7-20-38-35(27)46-3)34(45)40-37(18-8-19-37)36-39-29-15-12-24(13-17-32(43)44)21-31(29)41(36)2/h7,11-17,20-22,26H,4-6,8-10,18-19H2,1-3H3,(H,40,45)(H,43,44). The number of pyridine rings is 1. The molecule has 46 heavy (non-hydrogen) atoms. The van der Waals surface area contributed by atoms with Gasteiger partial charge in [-0.2, -0.15) is 0 Å². The van der Waals surface area contributed by atoms with Gasteiger partial charge in [0, 0.05) is 41.8 Å². The van der Waals surface area contributed by atoms with Gasteiger partial charge < -0.3 is 24.3 Å². The number of aryl methyl sites for hydroxylation is 2. The molecule has 7 rings (SSSR count). The molecule has 2 aliphatic carbocycles. The first-order chi connectivity index (χ1) is 22.3. The Labute approximate surface area is 267 Å². The second kappa shape index (κ2) is 11.8. The third kappa shape index (κ3) is 5.04. The van der Waals surface area contributed by atoms with Crippen molar-refractivity contribution in [3.63, 3.8) is 0 Å². The third-order valence-electron chi connectivity index (χ3n) is 9.99. The second-order valence-electron chi connectivity index (χ2n) is 12.7. The van der Waals surface area contributed by atoms with Crippen molar-refractivity contribution in [3.05, 3.63) is 83.3 Å². The normalized spacial score (nSPS) is 16.6. The van der Waals surface area contributed by atoms with Crippen LogP contribution in [0.4, 0.5) is 0 Å². The van der Waals surface area contributed by atoms with Crippen molar-refractivity contribution in [3.8, 4) is 17.1 Å². The lowest BCUT2D eigenvalue weighted by Gasteiger charge is -2.41. The van der Waals surface area contributed by atoms with Crippen LogP contribution in [-0.4, -0.2) is 43.2 Å². The number of hydrogen-bond acceptors (Lipinski definition) is 5. The molecule has 2 aliphatic rings. The van der Waals surface area contributed by atoms with Crippen molar-refractivity contribution in [2.75, 3.05) is 7.11 Å². The number of carboxylic acids is 1. The number of carboxylic acid groups (broad SMARTS) is 1. The summed E-state index contributed by atoms with van der Waals surface area (Å²) < 4.78 is 10.2. The number of benzene rings is 2. The summed E-state index contributed by atoms with van der Waals surface area (Å²) in [6, 6.07) is 16.2. The first-order valence-corrected chi connectivity index (χ1v) is 16.1. The molecule has 0 bridgehead atoms. The van der Waals surface area contributed by atoms with E-state index in [1.807, 2.05) is 48.0 Å². The quantitative estimate of drug-likeness (QED) is 0.177. The highest BCUT2D eigenvalue weighted by Gasteiger charge is 2.44. The topological polar surface area (TPSA) is 111 Å². The Morgan fingerprint density at radius 3 is 2.57 bits per heavy atom. The monoisotopic (exact) mass is 617 g/mol. The van der Waals surface area contributed by atoms with Crippen LogP contribution in [0.2, 0.25) is 0 Å². The molecule has 2 saturated carbocycles. The zero-order valence-corrected chi connectivity index (χ0v) is 26.5. The average molecular weight is 618 g/mol. The number of carbonyl (C=O) groups excluding carboxylic acids is 1. The molecule has 236 valence electrons. The molecule has 1 amide bonds. The number of aromatic nitrogens is 4. The van der Waals surface area contributed by atoms with Gasteiger partial charge in [-0.1, -0.05) is 25.3 Å². The lowest BCUT2D eigenvalue weighted by atomic mass is 9.75. The van der Waals surface area contributed by atoms with Gasteiger partial charge in [-0.05, 0) is 98.7 Å². The van der Waals surface area contributed by atoms with E-state index in [9.17, 15) is 9.59 Å². The zero-order chi connectivity index (χ0) is 32.0. The molecule has 0 aliphatic heterocycles. The number of nitrogens with one attached hydrogen (secondary N) is 1. The van der Waals surface area contributed by atoms with Gasteiger partial charge >= 0.3 is 5.97 Å². The third-order valence-corrected chi connectivity index (χ3v) is 9.99. The Morgan fingerprint density at radius 2 is 1.85 bits per heavy atom. The molecule has 2 N–H and O–H groups in total. The Hall–Kier alpha value is -4.92. The molecule has 3 heterocycles. The minimum Gasteiger partial charge on any atom is -0.481 e. The van der Waals surface area contributed by atoms with E-state index < -0.39 is 11.5 Å². The highest BCUT2D eigenvalue weighted by Crippen LogP contribution is 2.44. The molecular weight excluding hydrogens is 578 g/mol. The van der Waals surface area contributed by atoms with E-state index in [4.69, 9.17) is 14.8 Å². The highest BCUT2D eigenvalue weighted by atomic mass is 16.5. The van der Waals surface area contributed by atoms with E-state index in [1.165, 1.54) is 19.3 Å². The Balaban J connectivity index is 1.26. The lowest BCUT2D eigenvalue weighted by Crippen LogP contribution is -2.52. The molecule has 0 saturated heterocycles. The molecule has 9 heteroatoms. The van der Waals surface area contributed by atoms with Crippen LogP contribution in [0.25, 0.3) is 39.3 Å². The second-order valence-corrected chi connectivity index (χ2v) is 12.7. The van der Waals surface area contributed by atoms with Crippen molar-refractivity contribution in [1.82, 2.24) is 24.4 Å². The summed E-state index contributed by atoms with van der Waals surface area (Å²) >= 11 is 0. The number of nitrogens with zero attached hydrogens (tertiary/aromatic N) is 4. The smallest absolute Gasteiger partial charge is 0.328 e. The van der Waals surface area contributed by atoms with Crippen molar-refractivity contribution in [1.29, 1.82) is 0 Å². The lowest BCUT2D eigenvalue weighted by molar-refractivity contribution is -0.131. The summed E-state index contributed by atoms with van der Waals surface area (Å²) in [6.07, 6.45) is 13.0. The maximum atomic E-state index is 14.0. The van der Waals surface area contributed by atoms with Crippen molar-refractivity contribution in [2.24, 2.45) is 7.05 Å².